The van der Waals surface area contributed by atoms with Gasteiger partial charge in [0.1, 0.15) is 6.04 Å². The molecule has 0 radical (unpaired) electrons. The molecule has 20 heavy (non-hydrogen) atoms. The Hall–Kier alpha value is -1.89. The van der Waals surface area contributed by atoms with E-state index in [1.807, 2.05) is 0 Å². The molecule has 1 fully saturated rings. The molecule has 1 amide bonds. The maximum absolute atomic E-state index is 12.2. The van der Waals surface area contributed by atoms with E-state index in [1.165, 1.54) is 6.33 Å². The first-order valence-corrected chi connectivity index (χ1v) is 6.84. The van der Waals surface area contributed by atoms with Gasteiger partial charge in [0.05, 0.1) is 12.2 Å². The van der Waals surface area contributed by atoms with Gasteiger partial charge in [-0.3, -0.25) is 4.79 Å². The van der Waals surface area contributed by atoms with Gasteiger partial charge in [0, 0.05) is 24.4 Å². The summed E-state index contributed by atoms with van der Waals surface area (Å²) in [5.41, 5.74) is 6.62. The van der Waals surface area contributed by atoms with Gasteiger partial charge in [-0.05, 0) is 12.8 Å². The Bertz CT molecular complexity index is 460. The van der Waals surface area contributed by atoms with Gasteiger partial charge in [-0.1, -0.05) is 12.8 Å². The maximum atomic E-state index is 12.2. The lowest BCUT2D eigenvalue weighted by atomic mass is 9.84. The molecule has 1 aliphatic rings. The molecule has 1 aromatic rings. The van der Waals surface area contributed by atoms with Crippen LogP contribution >= 0.6 is 0 Å². The van der Waals surface area contributed by atoms with E-state index in [0.717, 1.165) is 25.7 Å². The molecular formula is C13H20N4O3. The fourth-order valence-electron chi connectivity index (χ4n) is 2.58. The number of nitrogens with two attached hydrogens (primary N) is 1. The molecule has 0 saturated heterocycles. The van der Waals surface area contributed by atoms with Crippen LogP contribution in [0.25, 0.3) is 0 Å². The summed E-state index contributed by atoms with van der Waals surface area (Å²) in [6.45, 7) is 0. The SMILES string of the molecule is NC1CCCCC1C(=O)NC(Cc1cnc[nH]1)C(=O)O. The largest absolute Gasteiger partial charge is 0.480 e. The van der Waals surface area contributed by atoms with Crippen LogP contribution in [0.4, 0.5) is 0 Å². The lowest BCUT2D eigenvalue weighted by Gasteiger charge is -2.28. The average Bonchev–Trinajstić information content (AvgIpc) is 2.91. The van der Waals surface area contributed by atoms with Crippen LogP contribution in [0.15, 0.2) is 12.5 Å². The fraction of sp³-hybridized carbons (Fsp3) is 0.615. The molecule has 1 aliphatic carbocycles. The highest BCUT2D eigenvalue weighted by Gasteiger charge is 2.31. The van der Waals surface area contributed by atoms with Gasteiger partial charge in [-0.25, -0.2) is 9.78 Å². The van der Waals surface area contributed by atoms with Crippen molar-refractivity contribution in [2.24, 2.45) is 11.7 Å². The molecule has 0 aromatic carbocycles. The van der Waals surface area contributed by atoms with Crippen LogP contribution in [-0.2, 0) is 16.0 Å². The van der Waals surface area contributed by atoms with Crippen LogP contribution in [0.3, 0.4) is 0 Å². The van der Waals surface area contributed by atoms with Gasteiger partial charge in [-0.2, -0.15) is 0 Å². The summed E-state index contributed by atoms with van der Waals surface area (Å²) < 4.78 is 0. The zero-order valence-corrected chi connectivity index (χ0v) is 11.2. The molecule has 110 valence electrons. The van der Waals surface area contributed by atoms with Gasteiger partial charge in [-0.15, -0.1) is 0 Å². The Labute approximate surface area is 117 Å². The number of aromatic amines is 1. The van der Waals surface area contributed by atoms with E-state index in [9.17, 15) is 14.7 Å². The molecule has 2 rings (SSSR count). The maximum Gasteiger partial charge on any atom is 0.326 e. The highest BCUT2D eigenvalue weighted by Crippen LogP contribution is 2.23. The standard InChI is InChI=1S/C13H20N4O3/c14-10-4-2-1-3-9(10)12(18)17-11(13(19)20)5-8-6-15-7-16-8/h6-7,9-11H,1-5,14H2,(H,15,16)(H,17,18)(H,19,20). The summed E-state index contributed by atoms with van der Waals surface area (Å²) in [7, 11) is 0. The first-order valence-electron chi connectivity index (χ1n) is 6.84. The number of imidazole rings is 1. The number of carboxylic acids is 1. The van der Waals surface area contributed by atoms with Crippen molar-refractivity contribution in [1.29, 1.82) is 0 Å². The fourth-order valence-corrected chi connectivity index (χ4v) is 2.58. The molecule has 1 aromatic heterocycles. The van der Waals surface area contributed by atoms with E-state index in [-0.39, 0.29) is 24.3 Å². The van der Waals surface area contributed by atoms with Crippen molar-refractivity contribution in [2.75, 3.05) is 0 Å². The van der Waals surface area contributed by atoms with Crippen molar-refractivity contribution in [3.63, 3.8) is 0 Å². The van der Waals surface area contributed by atoms with Crippen LogP contribution in [-0.4, -0.2) is 39.0 Å². The zero-order valence-electron chi connectivity index (χ0n) is 11.2. The Morgan fingerprint density at radius 2 is 2.25 bits per heavy atom. The number of amides is 1. The second-order valence-corrected chi connectivity index (χ2v) is 5.24. The average molecular weight is 280 g/mol. The highest BCUT2D eigenvalue weighted by molar-refractivity contribution is 5.85. The quantitative estimate of drug-likeness (QED) is 0.606. The van der Waals surface area contributed by atoms with Crippen molar-refractivity contribution in [3.05, 3.63) is 18.2 Å². The number of nitrogens with zero attached hydrogens (tertiary/aromatic N) is 1. The van der Waals surface area contributed by atoms with E-state index >= 15 is 0 Å². The highest BCUT2D eigenvalue weighted by atomic mass is 16.4. The Morgan fingerprint density at radius 1 is 1.50 bits per heavy atom. The van der Waals surface area contributed by atoms with Crippen LogP contribution in [0, 0.1) is 5.92 Å². The molecular weight excluding hydrogens is 260 g/mol. The van der Waals surface area contributed by atoms with Gasteiger partial charge < -0.3 is 21.1 Å². The molecule has 7 heteroatoms. The number of carbonyl (C=O) groups is 2. The molecule has 3 unspecified atom stereocenters. The molecule has 0 aliphatic heterocycles. The summed E-state index contributed by atoms with van der Waals surface area (Å²) >= 11 is 0. The lowest BCUT2D eigenvalue weighted by Crippen LogP contribution is -2.49. The predicted octanol–water partition coefficient (Wildman–Crippen LogP) is 0.0391. The van der Waals surface area contributed by atoms with E-state index in [4.69, 9.17) is 5.73 Å². The number of aromatic nitrogens is 2. The first-order chi connectivity index (χ1) is 9.58. The minimum absolute atomic E-state index is 0.176. The number of aliphatic carboxylic acids is 1. The van der Waals surface area contributed by atoms with Crippen molar-refractivity contribution in [2.45, 2.75) is 44.2 Å². The van der Waals surface area contributed by atoms with Crippen LogP contribution in [0.1, 0.15) is 31.4 Å². The number of hydrogen-bond acceptors (Lipinski definition) is 4. The molecule has 1 saturated carbocycles. The normalized spacial score (nSPS) is 24.1. The predicted molar refractivity (Wildman–Crippen MR) is 71.8 cm³/mol. The number of hydrogen-bond donors (Lipinski definition) is 4. The molecule has 7 nitrogen and oxygen atoms in total. The third-order valence-electron chi connectivity index (χ3n) is 3.75. The monoisotopic (exact) mass is 280 g/mol. The molecule has 0 bridgehead atoms. The van der Waals surface area contributed by atoms with Crippen molar-refractivity contribution in [3.8, 4) is 0 Å². The minimum Gasteiger partial charge on any atom is -0.480 e. The minimum atomic E-state index is -1.06. The van der Waals surface area contributed by atoms with Gasteiger partial charge in [0.25, 0.3) is 0 Å². The van der Waals surface area contributed by atoms with Crippen LogP contribution in [0.2, 0.25) is 0 Å². The molecule has 0 spiro atoms. The van der Waals surface area contributed by atoms with Gasteiger partial charge >= 0.3 is 5.97 Å². The Morgan fingerprint density at radius 3 is 2.85 bits per heavy atom. The second kappa shape index (κ2) is 6.51. The number of rotatable bonds is 5. The topological polar surface area (TPSA) is 121 Å². The van der Waals surface area contributed by atoms with E-state index in [0.29, 0.717) is 5.69 Å². The van der Waals surface area contributed by atoms with Crippen LogP contribution < -0.4 is 11.1 Å². The van der Waals surface area contributed by atoms with E-state index in [2.05, 4.69) is 15.3 Å². The van der Waals surface area contributed by atoms with Gasteiger partial charge in [0.15, 0.2) is 0 Å². The smallest absolute Gasteiger partial charge is 0.326 e. The summed E-state index contributed by atoms with van der Waals surface area (Å²) in [4.78, 5) is 30.1. The lowest BCUT2D eigenvalue weighted by molar-refractivity contribution is -0.142. The summed E-state index contributed by atoms with van der Waals surface area (Å²) in [5.74, 6) is -1.60. The zero-order chi connectivity index (χ0) is 14.5. The van der Waals surface area contributed by atoms with Crippen LogP contribution in [0.5, 0.6) is 0 Å². The van der Waals surface area contributed by atoms with Crippen molar-refractivity contribution < 1.29 is 14.7 Å². The third kappa shape index (κ3) is 3.57. The van der Waals surface area contributed by atoms with Crippen molar-refractivity contribution >= 4 is 11.9 Å². The molecule has 5 N–H and O–H groups in total. The molecule has 1 heterocycles. The van der Waals surface area contributed by atoms with Crippen molar-refractivity contribution in [1.82, 2.24) is 15.3 Å². The second-order valence-electron chi connectivity index (χ2n) is 5.24. The first kappa shape index (κ1) is 14.5. The Kier molecular flexibility index (Phi) is 4.73. The number of carboxylic acid groups (broad SMARTS) is 1. The summed E-state index contributed by atoms with van der Waals surface area (Å²) in [6.07, 6.45) is 6.75. The summed E-state index contributed by atoms with van der Waals surface area (Å²) in [6, 6.07) is -1.14. The number of nitrogens with one attached hydrogen (secondary N) is 2. The van der Waals surface area contributed by atoms with E-state index < -0.39 is 12.0 Å². The number of H-pyrrole nitrogens is 1. The number of carbonyl (C=O) groups excluding carboxylic acids is 1. The Balaban J connectivity index is 1.96. The van der Waals surface area contributed by atoms with Gasteiger partial charge in [0.2, 0.25) is 5.91 Å². The van der Waals surface area contributed by atoms with E-state index in [1.54, 1.807) is 6.20 Å². The molecule has 3 atom stereocenters. The third-order valence-corrected chi connectivity index (χ3v) is 3.75. The summed E-state index contributed by atoms with van der Waals surface area (Å²) in [5, 5.41) is 11.8.